The Morgan fingerprint density at radius 3 is 2.74 bits per heavy atom. The van der Waals surface area contributed by atoms with Crippen molar-refractivity contribution in [1.82, 2.24) is 0 Å². The second-order valence-electron chi connectivity index (χ2n) is 4.75. The van der Waals surface area contributed by atoms with Crippen molar-refractivity contribution in [2.75, 3.05) is 11.1 Å². The first kappa shape index (κ1) is 13.1. The van der Waals surface area contributed by atoms with Crippen molar-refractivity contribution in [2.24, 2.45) is 0 Å². The van der Waals surface area contributed by atoms with Crippen LogP contribution in [0.2, 0.25) is 10.0 Å². The molecule has 1 aromatic carbocycles. The number of nitrogens with one attached hydrogen (secondary N) is 1. The predicted octanol–water partition coefficient (Wildman–Crippen LogP) is 5.13. The summed E-state index contributed by atoms with van der Waals surface area (Å²) in [5.41, 5.74) is 8.46. The lowest BCUT2D eigenvalue weighted by atomic mass is 9.94. The summed E-state index contributed by atoms with van der Waals surface area (Å²) in [7, 11) is 0. The number of benzene rings is 1. The molecule has 1 aromatic heterocycles. The molecule has 0 fully saturated rings. The lowest BCUT2D eigenvalue weighted by molar-refractivity contribution is 0.609. The molecule has 1 atom stereocenters. The Kier molecular flexibility index (Phi) is 3.61. The van der Waals surface area contributed by atoms with Crippen molar-refractivity contribution < 1.29 is 0 Å². The molecule has 1 aliphatic carbocycles. The number of rotatable bonds is 2. The zero-order valence-corrected chi connectivity index (χ0v) is 12.6. The molecule has 3 N–H and O–H groups in total. The largest absolute Gasteiger partial charge is 0.399 e. The summed E-state index contributed by atoms with van der Waals surface area (Å²) in [6.07, 6.45) is 3.46. The van der Waals surface area contributed by atoms with Crippen molar-refractivity contribution in [3.05, 3.63) is 44.1 Å². The SMILES string of the molecule is Nc1cc(Cl)c(NC2CCCc3sccc32)c(Cl)c1. The zero-order valence-electron chi connectivity index (χ0n) is 10.2. The molecule has 0 radical (unpaired) electrons. The van der Waals surface area contributed by atoms with Crippen molar-refractivity contribution in [3.63, 3.8) is 0 Å². The summed E-state index contributed by atoms with van der Waals surface area (Å²) in [6, 6.07) is 5.93. The van der Waals surface area contributed by atoms with Gasteiger partial charge in [-0.05, 0) is 48.4 Å². The average Bonchev–Trinajstić information content (AvgIpc) is 2.82. The molecule has 0 saturated carbocycles. The molecule has 2 aromatic rings. The Balaban J connectivity index is 1.92. The van der Waals surface area contributed by atoms with Crippen LogP contribution in [-0.2, 0) is 6.42 Å². The highest BCUT2D eigenvalue weighted by molar-refractivity contribution is 7.10. The van der Waals surface area contributed by atoms with E-state index in [4.69, 9.17) is 28.9 Å². The van der Waals surface area contributed by atoms with Crippen LogP contribution in [0, 0.1) is 0 Å². The first-order chi connectivity index (χ1) is 9.15. The molecule has 19 heavy (non-hydrogen) atoms. The standard InChI is InChI=1S/C14H14Cl2N2S/c15-10-6-8(17)7-11(16)14(10)18-12-2-1-3-13-9(12)4-5-19-13/h4-7,12,18H,1-3,17H2. The van der Waals surface area contributed by atoms with Gasteiger partial charge in [0.2, 0.25) is 0 Å². The number of hydrogen-bond donors (Lipinski definition) is 2. The van der Waals surface area contributed by atoms with E-state index in [2.05, 4.69) is 16.8 Å². The molecular formula is C14H14Cl2N2S. The van der Waals surface area contributed by atoms with Gasteiger partial charge in [0.05, 0.1) is 21.8 Å². The van der Waals surface area contributed by atoms with E-state index in [-0.39, 0.29) is 6.04 Å². The van der Waals surface area contributed by atoms with Gasteiger partial charge < -0.3 is 11.1 Å². The van der Waals surface area contributed by atoms with Crippen LogP contribution in [0.4, 0.5) is 11.4 Å². The highest BCUT2D eigenvalue weighted by Crippen LogP contribution is 2.40. The van der Waals surface area contributed by atoms with E-state index in [1.165, 1.54) is 23.3 Å². The maximum Gasteiger partial charge on any atom is 0.0725 e. The third-order valence-electron chi connectivity index (χ3n) is 3.43. The Morgan fingerprint density at radius 1 is 1.26 bits per heavy atom. The molecule has 1 aliphatic rings. The van der Waals surface area contributed by atoms with E-state index in [0.29, 0.717) is 15.7 Å². The van der Waals surface area contributed by atoms with E-state index in [9.17, 15) is 0 Å². The molecule has 0 amide bonds. The minimum Gasteiger partial charge on any atom is -0.399 e. The highest BCUT2D eigenvalue weighted by atomic mass is 35.5. The Labute approximate surface area is 126 Å². The number of aryl methyl sites for hydroxylation is 1. The smallest absolute Gasteiger partial charge is 0.0725 e. The molecule has 0 spiro atoms. The number of hydrogen-bond acceptors (Lipinski definition) is 3. The maximum absolute atomic E-state index is 6.23. The van der Waals surface area contributed by atoms with Gasteiger partial charge in [-0.3, -0.25) is 0 Å². The Bertz CT molecular complexity index is 586. The van der Waals surface area contributed by atoms with Crippen LogP contribution >= 0.6 is 34.5 Å². The van der Waals surface area contributed by atoms with Gasteiger partial charge in [-0.2, -0.15) is 0 Å². The first-order valence-corrected chi connectivity index (χ1v) is 7.86. The molecule has 0 aliphatic heterocycles. The molecule has 1 heterocycles. The van der Waals surface area contributed by atoms with Crippen molar-refractivity contribution in [1.29, 1.82) is 0 Å². The second-order valence-corrected chi connectivity index (χ2v) is 6.56. The van der Waals surface area contributed by atoms with E-state index >= 15 is 0 Å². The van der Waals surface area contributed by atoms with Crippen LogP contribution in [0.1, 0.15) is 29.3 Å². The number of thiophene rings is 1. The minimum absolute atomic E-state index is 0.286. The van der Waals surface area contributed by atoms with Crippen molar-refractivity contribution >= 4 is 45.9 Å². The lowest BCUT2D eigenvalue weighted by Gasteiger charge is -2.25. The Hall–Kier alpha value is -0.900. The molecule has 5 heteroatoms. The van der Waals surface area contributed by atoms with Gasteiger partial charge in [0.1, 0.15) is 0 Å². The summed E-state index contributed by atoms with van der Waals surface area (Å²) < 4.78 is 0. The third kappa shape index (κ3) is 2.55. The summed E-state index contributed by atoms with van der Waals surface area (Å²) in [4.78, 5) is 1.46. The number of nitrogen functional groups attached to an aromatic ring is 1. The average molecular weight is 313 g/mol. The molecule has 2 nitrogen and oxygen atoms in total. The normalized spacial score (nSPS) is 18.1. The summed E-state index contributed by atoms with van der Waals surface area (Å²) in [5, 5.41) is 6.78. The quantitative estimate of drug-likeness (QED) is 0.755. The molecule has 0 bridgehead atoms. The minimum atomic E-state index is 0.286. The summed E-state index contributed by atoms with van der Waals surface area (Å²) in [6.45, 7) is 0. The van der Waals surface area contributed by atoms with Crippen molar-refractivity contribution in [3.8, 4) is 0 Å². The van der Waals surface area contributed by atoms with Gasteiger partial charge in [0.25, 0.3) is 0 Å². The monoisotopic (exact) mass is 312 g/mol. The molecule has 100 valence electrons. The van der Waals surface area contributed by atoms with Gasteiger partial charge in [-0.1, -0.05) is 23.2 Å². The van der Waals surface area contributed by atoms with Gasteiger partial charge in [-0.15, -0.1) is 11.3 Å². The topological polar surface area (TPSA) is 38.0 Å². The van der Waals surface area contributed by atoms with E-state index in [0.717, 1.165) is 12.1 Å². The van der Waals surface area contributed by atoms with E-state index < -0.39 is 0 Å². The zero-order chi connectivity index (χ0) is 13.4. The molecular weight excluding hydrogens is 299 g/mol. The summed E-state index contributed by atoms with van der Waals surface area (Å²) >= 11 is 14.3. The fourth-order valence-electron chi connectivity index (χ4n) is 2.54. The van der Waals surface area contributed by atoms with Crippen LogP contribution in [0.15, 0.2) is 23.6 Å². The van der Waals surface area contributed by atoms with Crippen LogP contribution in [-0.4, -0.2) is 0 Å². The van der Waals surface area contributed by atoms with E-state index in [1.807, 2.05) is 11.3 Å². The first-order valence-electron chi connectivity index (χ1n) is 6.22. The molecule has 1 unspecified atom stereocenters. The molecule has 3 rings (SSSR count). The van der Waals surface area contributed by atoms with Gasteiger partial charge >= 0.3 is 0 Å². The Morgan fingerprint density at radius 2 is 2.00 bits per heavy atom. The number of nitrogens with two attached hydrogens (primary N) is 1. The van der Waals surface area contributed by atoms with Gasteiger partial charge in [0.15, 0.2) is 0 Å². The van der Waals surface area contributed by atoms with Crippen LogP contribution in [0.25, 0.3) is 0 Å². The number of halogens is 2. The van der Waals surface area contributed by atoms with Crippen LogP contribution in [0.3, 0.4) is 0 Å². The number of fused-ring (bicyclic) bond motifs is 1. The number of anilines is 2. The summed E-state index contributed by atoms with van der Waals surface area (Å²) in [5.74, 6) is 0. The lowest BCUT2D eigenvalue weighted by Crippen LogP contribution is -2.16. The highest BCUT2D eigenvalue weighted by Gasteiger charge is 2.22. The maximum atomic E-state index is 6.23. The fourth-order valence-corrected chi connectivity index (χ4v) is 4.14. The van der Waals surface area contributed by atoms with Crippen molar-refractivity contribution in [2.45, 2.75) is 25.3 Å². The second kappa shape index (κ2) is 5.23. The van der Waals surface area contributed by atoms with Crippen LogP contribution < -0.4 is 11.1 Å². The van der Waals surface area contributed by atoms with Gasteiger partial charge in [-0.25, -0.2) is 0 Å². The fraction of sp³-hybridized carbons (Fsp3) is 0.286. The van der Waals surface area contributed by atoms with Gasteiger partial charge in [0, 0.05) is 10.6 Å². The third-order valence-corrected chi connectivity index (χ3v) is 5.03. The predicted molar refractivity (Wildman–Crippen MR) is 84.5 cm³/mol. The molecule has 0 saturated heterocycles. The van der Waals surface area contributed by atoms with E-state index in [1.54, 1.807) is 12.1 Å². The van der Waals surface area contributed by atoms with Crippen LogP contribution in [0.5, 0.6) is 0 Å².